The van der Waals surface area contributed by atoms with Gasteiger partial charge in [-0.2, -0.15) is 0 Å². The Bertz CT molecular complexity index is 788. The van der Waals surface area contributed by atoms with Gasteiger partial charge >= 0.3 is 5.97 Å². The van der Waals surface area contributed by atoms with Gasteiger partial charge in [0.2, 0.25) is 11.8 Å². The fourth-order valence-electron chi connectivity index (χ4n) is 4.75. The zero-order chi connectivity index (χ0) is 22.3. The summed E-state index contributed by atoms with van der Waals surface area (Å²) < 4.78 is 10.6. The zero-order valence-corrected chi connectivity index (χ0v) is 18.7. The van der Waals surface area contributed by atoms with Crippen molar-refractivity contribution in [3.05, 3.63) is 29.8 Å². The number of carbonyl (C=O) groups excluding carboxylic acids is 3. The lowest BCUT2D eigenvalue weighted by Crippen LogP contribution is -2.55. The minimum Gasteiger partial charge on any atom is -0.496 e. The van der Waals surface area contributed by atoms with E-state index in [1.807, 2.05) is 24.3 Å². The first-order valence-corrected chi connectivity index (χ1v) is 11.3. The highest BCUT2D eigenvalue weighted by atomic mass is 16.5. The minimum atomic E-state index is -0.531. The van der Waals surface area contributed by atoms with Crippen LogP contribution in [0.3, 0.4) is 0 Å². The molecule has 2 amide bonds. The van der Waals surface area contributed by atoms with Crippen LogP contribution < -0.4 is 10.1 Å². The number of methoxy groups -OCH3 is 1. The molecule has 0 spiro atoms. The third-order valence-corrected chi connectivity index (χ3v) is 6.41. The van der Waals surface area contributed by atoms with Crippen molar-refractivity contribution in [1.82, 2.24) is 10.2 Å². The van der Waals surface area contributed by atoms with Crippen molar-refractivity contribution in [3.63, 3.8) is 0 Å². The number of carbonyl (C=O) groups is 3. The SMILES string of the molecule is CCOC(=O)CC1(NC(=O)[C@@H]2CCC(=O)N(Cc3ccccc3OC)C2)CCCCC1. The van der Waals surface area contributed by atoms with Crippen molar-refractivity contribution in [2.45, 2.75) is 70.4 Å². The lowest BCUT2D eigenvalue weighted by Gasteiger charge is -2.40. The van der Waals surface area contributed by atoms with Crippen LogP contribution in [0.4, 0.5) is 0 Å². The summed E-state index contributed by atoms with van der Waals surface area (Å²) in [4.78, 5) is 39.7. The molecule has 1 saturated carbocycles. The van der Waals surface area contributed by atoms with Gasteiger partial charge in [-0.05, 0) is 32.3 Å². The summed E-state index contributed by atoms with van der Waals surface area (Å²) in [5.41, 5.74) is 0.391. The van der Waals surface area contributed by atoms with Gasteiger partial charge in [-0.15, -0.1) is 0 Å². The van der Waals surface area contributed by atoms with Gasteiger partial charge in [0.05, 0.1) is 31.6 Å². The second kappa shape index (κ2) is 10.6. The van der Waals surface area contributed by atoms with Gasteiger partial charge in [-0.1, -0.05) is 37.5 Å². The Hall–Kier alpha value is -2.57. The number of amides is 2. The third kappa shape index (κ3) is 5.99. The number of benzene rings is 1. The highest BCUT2D eigenvalue weighted by Crippen LogP contribution is 2.33. The van der Waals surface area contributed by atoms with Crippen molar-refractivity contribution in [1.29, 1.82) is 0 Å². The maximum Gasteiger partial charge on any atom is 0.308 e. The van der Waals surface area contributed by atoms with E-state index in [4.69, 9.17) is 9.47 Å². The van der Waals surface area contributed by atoms with E-state index in [0.717, 1.165) is 43.4 Å². The van der Waals surface area contributed by atoms with Crippen LogP contribution in [-0.4, -0.2) is 48.5 Å². The molecule has 7 heteroatoms. The first-order chi connectivity index (χ1) is 15.0. The largest absolute Gasteiger partial charge is 0.496 e. The Labute approximate surface area is 184 Å². The highest BCUT2D eigenvalue weighted by Gasteiger charge is 2.39. The standard InChI is InChI=1S/C24H34N2O5/c1-3-31-22(28)15-24(13-7-4-8-14-24)25-23(29)19-11-12-21(27)26(17-19)16-18-9-5-6-10-20(18)30-2/h5-6,9-10,19H,3-4,7-8,11-17H2,1-2H3,(H,25,29)/t19-/m1/s1. The molecule has 1 atom stereocenters. The predicted octanol–water partition coefficient (Wildman–Crippen LogP) is 3.21. The smallest absolute Gasteiger partial charge is 0.308 e. The van der Waals surface area contributed by atoms with Gasteiger partial charge in [-0.25, -0.2) is 0 Å². The van der Waals surface area contributed by atoms with Crippen molar-refractivity contribution in [2.24, 2.45) is 5.92 Å². The summed E-state index contributed by atoms with van der Waals surface area (Å²) in [5.74, 6) is 0.171. The number of hydrogen-bond donors (Lipinski definition) is 1. The topological polar surface area (TPSA) is 84.9 Å². The number of hydrogen-bond acceptors (Lipinski definition) is 5. The van der Waals surface area contributed by atoms with E-state index in [1.165, 1.54) is 0 Å². The van der Waals surface area contributed by atoms with Crippen molar-refractivity contribution < 1.29 is 23.9 Å². The fraction of sp³-hybridized carbons (Fsp3) is 0.625. The van der Waals surface area contributed by atoms with Crippen LogP contribution in [0.25, 0.3) is 0 Å². The monoisotopic (exact) mass is 430 g/mol. The van der Waals surface area contributed by atoms with Gasteiger partial charge in [0, 0.05) is 25.1 Å². The number of piperidine rings is 1. The average molecular weight is 431 g/mol. The van der Waals surface area contributed by atoms with Crippen LogP contribution in [0.5, 0.6) is 5.75 Å². The number of esters is 1. The molecule has 2 fully saturated rings. The summed E-state index contributed by atoms with van der Waals surface area (Å²) in [6.45, 7) is 2.92. The maximum atomic E-state index is 13.2. The molecule has 1 N–H and O–H groups in total. The van der Waals surface area contributed by atoms with Crippen LogP contribution in [0.2, 0.25) is 0 Å². The minimum absolute atomic E-state index is 0.0499. The Morgan fingerprint density at radius 3 is 2.65 bits per heavy atom. The fourth-order valence-corrected chi connectivity index (χ4v) is 4.75. The predicted molar refractivity (Wildman–Crippen MR) is 116 cm³/mol. The molecule has 0 unspecified atom stereocenters. The van der Waals surface area contributed by atoms with Gasteiger partial charge in [-0.3, -0.25) is 14.4 Å². The Kier molecular flexibility index (Phi) is 7.93. The number of nitrogens with one attached hydrogen (secondary N) is 1. The van der Waals surface area contributed by atoms with Crippen LogP contribution in [-0.2, 0) is 25.7 Å². The molecule has 0 aromatic heterocycles. The first kappa shape index (κ1) is 23.1. The molecule has 2 aliphatic rings. The lowest BCUT2D eigenvalue weighted by molar-refractivity contribution is -0.146. The zero-order valence-electron chi connectivity index (χ0n) is 18.7. The molecular weight excluding hydrogens is 396 g/mol. The van der Waals surface area contributed by atoms with E-state index in [1.54, 1.807) is 18.9 Å². The number of nitrogens with zero attached hydrogens (tertiary/aromatic N) is 1. The average Bonchev–Trinajstić information content (AvgIpc) is 2.76. The van der Waals surface area contributed by atoms with Crippen LogP contribution >= 0.6 is 0 Å². The second-order valence-corrected chi connectivity index (χ2v) is 8.63. The van der Waals surface area contributed by atoms with Gasteiger partial charge in [0.25, 0.3) is 0 Å². The van der Waals surface area contributed by atoms with Crippen molar-refractivity contribution in [2.75, 3.05) is 20.3 Å². The van der Waals surface area contributed by atoms with E-state index >= 15 is 0 Å². The molecule has 3 rings (SSSR count). The molecule has 170 valence electrons. The van der Waals surface area contributed by atoms with Crippen LogP contribution in [0.1, 0.15) is 63.9 Å². The van der Waals surface area contributed by atoms with Gasteiger partial charge < -0.3 is 19.7 Å². The molecule has 0 bridgehead atoms. The number of para-hydroxylation sites is 1. The van der Waals surface area contributed by atoms with E-state index in [-0.39, 0.29) is 30.1 Å². The first-order valence-electron chi connectivity index (χ1n) is 11.3. The molecular formula is C24H34N2O5. The van der Waals surface area contributed by atoms with E-state index < -0.39 is 5.54 Å². The molecule has 0 radical (unpaired) electrons. The third-order valence-electron chi connectivity index (χ3n) is 6.41. The second-order valence-electron chi connectivity index (χ2n) is 8.63. The van der Waals surface area contributed by atoms with E-state index in [0.29, 0.717) is 32.5 Å². The summed E-state index contributed by atoms with van der Waals surface area (Å²) in [6.07, 6.45) is 5.75. The van der Waals surface area contributed by atoms with Gasteiger partial charge in [0.15, 0.2) is 0 Å². The van der Waals surface area contributed by atoms with Crippen LogP contribution in [0.15, 0.2) is 24.3 Å². The van der Waals surface area contributed by atoms with E-state index in [9.17, 15) is 14.4 Å². The van der Waals surface area contributed by atoms with Gasteiger partial charge in [0.1, 0.15) is 5.75 Å². The molecule has 1 aromatic rings. The summed E-state index contributed by atoms with van der Waals surface area (Å²) in [5, 5.41) is 3.21. The molecule has 1 aromatic carbocycles. The molecule has 1 aliphatic carbocycles. The molecule has 7 nitrogen and oxygen atoms in total. The number of likely N-dealkylation sites (tertiary alicyclic amines) is 1. The summed E-state index contributed by atoms with van der Waals surface area (Å²) >= 11 is 0. The Morgan fingerprint density at radius 1 is 1.19 bits per heavy atom. The Balaban J connectivity index is 1.67. The normalized spacial score (nSPS) is 20.8. The maximum absolute atomic E-state index is 13.2. The van der Waals surface area contributed by atoms with Crippen LogP contribution in [0, 0.1) is 5.92 Å². The summed E-state index contributed by atoms with van der Waals surface area (Å²) in [6, 6.07) is 7.62. The summed E-state index contributed by atoms with van der Waals surface area (Å²) in [7, 11) is 1.61. The quantitative estimate of drug-likeness (QED) is 0.640. The number of rotatable bonds is 8. The number of ether oxygens (including phenoxy) is 2. The highest BCUT2D eigenvalue weighted by molar-refractivity contribution is 5.85. The molecule has 1 saturated heterocycles. The lowest BCUT2D eigenvalue weighted by atomic mass is 9.78. The molecule has 31 heavy (non-hydrogen) atoms. The van der Waals surface area contributed by atoms with Crippen molar-refractivity contribution >= 4 is 17.8 Å². The molecule has 1 aliphatic heterocycles. The Morgan fingerprint density at radius 2 is 1.94 bits per heavy atom. The molecule has 1 heterocycles. The van der Waals surface area contributed by atoms with E-state index in [2.05, 4.69) is 5.32 Å². The van der Waals surface area contributed by atoms with Crippen molar-refractivity contribution in [3.8, 4) is 5.75 Å².